The van der Waals surface area contributed by atoms with Crippen LogP contribution in [0.15, 0.2) is 65.5 Å². The number of fused-ring (bicyclic) bond motifs is 2. The number of nitrogens with zero attached hydrogens (tertiary/aromatic N) is 3. The van der Waals surface area contributed by atoms with Crippen LogP contribution in [-0.4, -0.2) is 9.97 Å². The monoisotopic (exact) mass is 590 g/mol. The van der Waals surface area contributed by atoms with Gasteiger partial charge in [0.1, 0.15) is 10.0 Å². The minimum atomic E-state index is -0.0847. The summed E-state index contributed by atoms with van der Waals surface area (Å²) < 4.78 is 2.16. The number of aromatic nitrogens is 3. The molecule has 0 saturated carbocycles. The molecule has 0 aliphatic carbocycles. The van der Waals surface area contributed by atoms with Gasteiger partial charge >= 0.3 is 28.2 Å². The molecule has 3 aromatic heterocycles. The first-order valence-electron chi connectivity index (χ1n) is 7.79. The number of hydrogen-bond acceptors (Lipinski definition) is 5. The summed E-state index contributed by atoms with van der Waals surface area (Å²) >= 11 is 4.69. The number of thiazole rings is 2. The molecule has 5 aromatic rings. The maximum atomic E-state index is 12.2. The molecule has 5 rings (SSSR count). The average Bonchev–Trinajstić information content (AvgIpc) is 3.33. The van der Waals surface area contributed by atoms with Gasteiger partial charge in [0.25, 0.3) is 0 Å². The number of halogens is 1. The Bertz CT molecular complexity index is 1130. The van der Waals surface area contributed by atoms with E-state index in [1.54, 1.807) is 18.8 Å². The van der Waals surface area contributed by atoms with Crippen LogP contribution >= 0.6 is 32.1 Å². The summed E-state index contributed by atoms with van der Waals surface area (Å²) in [5.41, 5.74) is 2.95. The summed E-state index contributed by atoms with van der Waals surface area (Å²) in [5.74, 6) is 0. The third kappa shape index (κ3) is 3.76. The third-order valence-electron chi connectivity index (χ3n) is 3.82. The molecule has 0 bridgehead atoms. The SMILES string of the molecule is O=c1cc(-c2nc3ccccc3s2)[n-]c(-c2nc3ccccc3s2)c1.[Cl][Pt+]. The zero-order chi connectivity index (χ0) is 18.8. The van der Waals surface area contributed by atoms with Crippen molar-refractivity contribution in [1.29, 1.82) is 0 Å². The van der Waals surface area contributed by atoms with Crippen molar-refractivity contribution < 1.29 is 18.8 Å². The first-order chi connectivity index (χ1) is 13.3. The fraction of sp³-hybridized carbons (Fsp3) is 0. The van der Waals surface area contributed by atoms with Gasteiger partial charge in [0.05, 0.1) is 20.4 Å². The van der Waals surface area contributed by atoms with Crippen molar-refractivity contribution in [1.82, 2.24) is 15.0 Å². The van der Waals surface area contributed by atoms with E-state index in [1.165, 1.54) is 34.8 Å². The van der Waals surface area contributed by atoms with Crippen molar-refractivity contribution in [2.24, 2.45) is 0 Å². The molecule has 0 aliphatic rings. The summed E-state index contributed by atoms with van der Waals surface area (Å²) in [7, 11) is 4.61. The van der Waals surface area contributed by atoms with Gasteiger partial charge in [-0.25, -0.2) is 9.97 Å². The molecule has 0 fully saturated rings. The summed E-state index contributed by atoms with van der Waals surface area (Å²) in [6.07, 6.45) is 0. The maximum absolute atomic E-state index is 12.2. The van der Waals surface area contributed by atoms with Crippen LogP contribution in [0.2, 0.25) is 0 Å². The molecule has 27 heavy (non-hydrogen) atoms. The van der Waals surface area contributed by atoms with Gasteiger partial charge < -0.3 is 4.98 Å². The van der Waals surface area contributed by atoms with Gasteiger partial charge in [-0.3, -0.25) is 4.79 Å². The molecule has 0 amide bonds. The van der Waals surface area contributed by atoms with Gasteiger partial charge in [0.2, 0.25) is 0 Å². The van der Waals surface area contributed by atoms with Crippen molar-refractivity contribution in [3.8, 4) is 21.4 Å². The average molecular weight is 591 g/mol. The van der Waals surface area contributed by atoms with E-state index in [-0.39, 0.29) is 5.43 Å². The van der Waals surface area contributed by atoms with Crippen LogP contribution in [0.4, 0.5) is 0 Å². The van der Waals surface area contributed by atoms with E-state index in [4.69, 9.17) is 0 Å². The van der Waals surface area contributed by atoms with E-state index in [2.05, 4.69) is 24.4 Å². The summed E-state index contributed by atoms with van der Waals surface area (Å²) in [6.45, 7) is 0. The quantitative estimate of drug-likeness (QED) is 0.282. The second-order valence-corrected chi connectivity index (χ2v) is 7.61. The van der Waals surface area contributed by atoms with Crippen molar-refractivity contribution in [2.75, 3.05) is 0 Å². The van der Waals surface area contributed by atoms with Crippen molar-refractivity contribution in [3.63, 3.8) is 0 Å². The zero-order valence-electron chi connectivity index (χ0n) is 13.5. The Hall–Kier alpha value is -1.85. The molecule has 2 aromatic carbocycles. The standard InChI is InChI=1S/C19H11N3OS2.ClH.Pt/c23-11-9-14(18-21-12-5-1-3-7-16(12)24-18)20-15(10-11)19-22-13-6-2-4-8-17(13)25-19;;/h1-10H,(H,20,23);1H;/q;;+2/p-2. The molecule has 3 heterocycles. The predicted octanol–water partition coefficient (Wildman–Crippen LogP) is 5.24. The van der Waals surface area contributed by atoms with E-state index in [9.17, 15) is 4.79 Å². The molecular formula is C19H10ClN3OPtS2. The predicted molar refractivity (Wildman–Crippen MR) is 109 cm³/mol. The molecule has 0 spiro atoms. The molecule has 0 N–H and O–H groups in total. The molecule has 4 nitrogen and oxygen atoms in total. The minimum absolute atomic E-state index is 0.0847. The summed E-state index contributed by atoms with van der Waals surface area (Å²) in [5, 5.41) is 1.50. The van der Waals surface area contributed by atoms with E-state index >= 15 is 0 Å². The Labute approximate surface area is 177 Å². The van der Waals surface area contributed by atoms with Crippen LogP contribution in [-0.2, 0) is 18.8 Å². The normalized spacial score (nSPS) is 10.8. The molecule has 136 valence electrons. The van der Waals surface area contributed by atoms with Crippen LogP contribution in [0, 0.1) is 0 Å². The van der Waals surface area contributed by atoms with Gasteiger partial charge in [-0.15, -0.1) is 22.7 Å². The number of para-hydroxylation sites is 2. The molecular weight excluding hydrogens is 581 g/mol. The number of pyridine rings is 1. The van der Waals surface area contributed by atoms with Crippen molar-refractivity contribution >= 4 is 52.5 Å². The second kappa shape index (κ2) is 8.03. The first kappa shape index (κ1) is 18.5. The van der Waals surface area contributed by atoms with Gasteiger partial charge in [-0.2, -0.15) is 0 Å². The van der Waals surface area contributed by atoms with E-state index < -0.39 is 0 Å². The van der Waals surface area contributed by atoms with Gasteiger partial charge in [-0.1, -0.05) is 35.7 Å². The summed E-state index contributed by atoms with van der Waals surface area (Å²) in [4.78, 5) is 26.1. The van der Waals surface area contributed by atoms with Crippen LogP contribution in [0.1, 0.15) is 0 Å². The Balaban J connectivity index is 0.000000872. The van der Waals surface area contributed by atoms with Crippen LogP contribution in [0.5, 0.6) is 0 Å². The van der Waals surface area contributed by atoms with Crippen molar-refractivity contribution in [2.45, 2.75) is 0 Å². The Morgan fingerprint density at radius 1 is 0.778 bits per heavy atom. The summed E-state index contributed by atoms with van der Waals surface area (Å²) in [6, 6.07) is 18.9. The van der Waals surface area contributed by atoms with Gasteiger partial charge in [-0.05, 0) is 36.4 Å². The van der Waals surface area contributed by atoms with Gasteiger partial charge in [0, 0.05) is 0 Å². The molecule has 0 radical (unpaired) electrons. The topological polar surface area (TPSA) is 57.0 Å². The zero-order valence-corrected chi connectivity index (χ0v) is 18.2. The Kier molecular flexibility index (Phi) is 5.50. The van der Waals surface area contributed by atoms with Crippen LogP contribution in [0.3, 0.4) is 0 Å². The van der Waals surface area contributed by atoms with E-state index in [1.807, 2.05) is 48.5 Å². The molecule has 0 saturated heterocycles. The fourth-order valence-electron chi connectivity index (χ4n) is 2.69. The van der Waals surface area contributed by atoms with Crippen LogP contribution in [0.25, 0.3) is 41.8 Å². The Morgan fingerprint density at radius 2 is 1.22 bits per heavy atom. The molecule has 0 aliphatic heterocycles. The van der Waals surface area contributed by atoms with E-state index in [0.717, 1.165) is 30.4 Å². The first-order valence-corrected chi connectivity index (χ1v) is 12.2. The number of benzene rings is 2. The molecule has 0 unspecified atom stereocenters. The van der Waals surface area contributed by atoms with E-state index in [0.29, 0.717) is 11.4 Å². The van der Waals surface area contributed by atoms with Crippen molar-refractivity contribution in [3.05, 3.63) is 70.9 Å². The Morgan fingerprint density at radius 3 is 1.67 bits per heavy atom. The number of hydrogen-bond donors (Lipinski definition) is 0. The molecule has 8 heteroatoms. The fourth-order valence-corrected chi connectivity index (χ4v) is 4.54. The van der Waals surface area contributed by atoms with Gasteiger partial charge in [0.15, 0.2) is 5.43 Å². The second-order valence-electron chi connectivity index (χ2n) is 5.55. The molecule has 0 atom stereocenters. The number of rotatable bonds is 2. The third-order valence-corrected chi connectivity index (χ3v) is 5.94. The van der Waals surface area contributed by atoms with Crippen LogP contribution < -0.4 is 10.4 Å².